The molecule has 3 aromatic carbocycles. The maximum Gasteiger partial charge on any atom is 0.251 e. The number of hydrogen-bond acceptors (Lipinski definition) is 5. The first-order valence-corrected chi connectivity index (χ1v) is 12.6. The zero-order valence-corrected chi connectivity index (χ0v) is 21.8. The fraction of sp³-hybridized carbons (Fsp3) is 0.0645. The van der Waals surface area contributed by atoms with Gasteiger partial charge in [-0.2, -0.15) is 10.2 Å². The second kappa shape index (κ2) is 10.9. The zero-order chi connectivity index (χ0) is 28.3. The van der Waals surface area contributed by atoms with Gasteiger partial charge >= 0.3 is 0 Å². The Hall–Kier alpha value is -5.51. The van der Waals surface area contributed by atoms with Gasteiger partial charge in [-0.15, -0.1) is 0 Å². The Morgan fingerprint density at radius 2 is 1.51 bits per heavy atom. The standard InChI is InChI=1S/C31H23F2N5O3/c1-40-29-19-37(35-30(31(29)39)27-14-15-34-38(27)22-10-6-3-7-11-22)26-13-12-23(36-17-24(32)25(33)18-36)16-28(26)41-20-21-8-4-2-5-9-21/h2-19H,20H2,1H3. The second-order valence-electron chi connectivity index (χ2n) is 9.07. The summed E-state index contributed by atoms with van der Waals surface area (Å²) in [5, 5.41) is 9.07. The van der Waals surface area contributed by atoms with Gasteiger partial charge in [0.2, 0.25) is 0 Å². The van der Waals surface area contributed by atoms with Crippen LogP contribution in [0.5, 0.6) is 11.5 Å². The average Bonchev–Trinajstić information content (AvgIpc) is 3.63. The van der Waals surface area contributed by atoms with Crippen LogP contribution >= 0.6 is 0 Å². The van der Waals surface area contributed by atoms with Gasteiger partial charge in [0.1, 0.15) is 18.0 Å². The summed E-state index contributed by atoms with van der Waals surface area (Å²) in [6.45, 7) is 0.219. The van der Waals surface area contributed by atoms with E-state index in [4.69, 9.17) is 9.47 Å². The third-order valence-corrected chi connectivity index (χ3v) is 6.45. The summed E-state index contributed by atoms with van der Waals surface area (Å²) < 4.78 is 43.7. The molecule has 10 heteroatoms. The first kappa shape index (κ1) is 25.8. The van der Waals surface area contributed by atoms with Crippen LogP contribution in [0.25, 0.3) is 28.5 Å². The van der Waals surface area contributed by atoms with Crippen LogP contribution < -0.4 is 14.9 Å². The number of aromatic nitrogens is 5. The molecule has 0 aliphatic rings. The lowest BCUT2D eigenvalue weighted by Crippen LogP contribution is -2.18. The van der Waals surface area contributed by atoms with Crippen LogP contribution in [0.4, 0.5) is 8.78 Å². The monoisotopic (exact) mass is 551 g/mol. The van der Waals surface area contributed by atoms with E-state index in [9.17, 15) is 13.6 Å². The molecule has 0 saturated carbocycles. The van der Waals surface area contributed by atoms with Crippen LogP contribution in [0.15, 0.2) is 115 Å². The van der Waals surface area contributed by atoms with E-state index in [1.165, 1.54) is 22.6 Å². The highest BCUT2D eigenvalue weighted by atomic mass is 19.2. The molecule has 6 aromatic rings. The summed E-state index contributed by atoms with van der Waals surface area (Å²) in [5.74, 6) is -1.51. The molecule has 0 aliphatic heterocycles. The lowest BCUT2D eigenvalue weighted by molar-refractivity contribution is 0.304. The smallest absolute Gasteiger partial charge is 0.251 e. The van der Waals surface area contributed by atoms with Crippen LogP contribution in [0.3, 0.4) is 0 Å². The second-order valence-corrected chi connectivity index (χ2v) is 9.07. The van der Waals surface area contributed by atoms with Gasteiger partial charge < -0.3 is 14.0 Å². The van der Waals surface area contributed by atoms with Crippen molar-refractivity contribution in [1.29, 1.82) is 0 Å². The topological polar surface area (TPSA) is 76.1 Å². The van der Waals surface area contributed by atoms with Gasteiger partial charge in [0, 0.05) is 24.1 Å². The van der Waals surface area contributed by atoms with Gasteiger partial charge in [0.25, 0.3) is 5.43 Å². The summed E-state index contributed by atoms with van der Waals surface area (Å²) in [4.78, 5) is 13.4. The van der Waals surface area contributed by atoms with Gasteiger partial charge in [0.05, 0.1) is 30.9 Å². The lowest BCUT2D eigenvalue weighted by atomic mass is 10.2. The van der Waals surface area contributed by atoms with Crippen molar-refractivity contribution in [3.8, 4) is 39.9 Å². The Balaban J connectivity index is 1.49. The third kappa shape index (κ3) is 5.10. The van der Waals surface area contributed by atoms with E-state index in [0.29, 0.717) is 22.8 Å². The lowest BCUT2D eigenvalue weighted by Gasteiger charge is -2.17. The van der Waals surface area contributed by atoms with E-state index in [1.54, 1.807) is 35.1 Å². The summed E-state index contributed by atoms with van der Waals surface area (Å²) >= 11 is 0. The molecule has 3 heterocycles. The number of nitrogens with zero attached hydrogens (tertiary/aromatic N) is 5. The first-order valence-electron chi connectivity index (χ1n) is 12.6. The Kier molecular flexibility index (Phi) is 6.87. The molecule has 0 spiro atoms. The Morgan fingerprint density at radius 3 is 2.22 bits per heavy atom. The molecule has 8 nitrogen and oxygen atoms in total. The Labute approximate surface area is 233 Å². The number of para-hydroxylation sites is 1. The number of halogens is 2. The molecular weight excluding hydrogens is 528 g/mol. The molecule has 0 unspecified atom stereocenters. The highest BCUT2D eigenvalue weighted by molar-refractivity contribution is 5.60. The molecule has 0 atom stereocenters. The molecule has 204 valence electrons. The normalized spacial score (nSPS) is 11.0. The average molecular weight is 552 g/mol. The summed E-state index contributed by atoms with van der Waals surface area (Å²) in [6, 6.07) is 25.6. The predicted molar refractivity (Wildman–Crippen MR) is 149 cm³/mol. The number of rotatable bonds is 8. The Morgan fingerprint density at radius 1 is 0.805 bits per heavy atom. The van der Waals surface area contributed by atoms with Crippen LogP contribution in [0.2, 0.25) is 0 Å². The van der Waals surface area contributed by atoms with Crippen molar-refractivity contribution in [2.45, 2.75) is 6.61 Å². The number of benzene rings is 3. The van der Waals surface area contributed by atoms with Gasteiger partial charge in [0.15, 0.2) is 23.1 Å². The molecule has 0 saturated heterocycles. The van der Waals surface area contributed by atoms with Crippen molar-refractivity contribution >= 4 is 0 Å². The van der Waals surface area contributed by atoms with Crippen molar-refractivity contribution in [3.05, 3.63) is 137 Å². The van der Waals surface area contributed by atoms with Gasteiger partial charge in [-0.25, -0.2) is 18.1 Å². The third-order valence-electron chi connectivity index (χ3n) is 6.45. The minimum atomic E-state index is -0.965. The molecular formula is C31H23F2N5O3. The van der Waals surface area contributed by atoms with E-state index in [1.807, 2.05) is 60.7 Å². The fourth-order valence-corrected chi connectivity index (χ4v) is 4.42. The molecule has 0 bridgehead atoms. The highest BCUT2D eigenvalue weighted by Gasteiger charge is 2.20. The van der Waals surface area contributed by atoms with Crippen LogP contribution in [-0.4, -0.2) is 31.2 Å². The SMILES string of the molecule is COc1cn(-c2ccc(-n3cc(F)c(F)c3)cc2OCc2ccccc2)nc(-c2ccnn2-c2ccccc2)c1=O. The quantitative estimate of drug-likeness (QED) is 0.241. The zero-order valence-electron chi connectivity index (χ0n) is 21.8. The number of methoxy groups -OCH3 is 1. The minimum Gasteiger partial charge on any atom is -0.491 e. The van der Waals surface area contributed by atoms with E-state index < -0.39 is 17.1 Å². The number of ether oxygens (including phenoxy) is 2. The van der Waals surface area contributed by atoms with E-state index in [0.717, 1.165) is 23.6 Å². The molecule has 0 radical (unpaired) electrons. The van der Waals surface area contributed by atoms with Crippen LogP contribution in [-0.2, 0) is 6.61 Å². The molecule has 41 heavy (non-hydrogen) atoms. The van der Waals surface area contributed by atoms with Crippen molar-refractivity contribution < 1.29 is 18.3 Å². The summed E-state index contributed by atoms with van der Waals surface area (Å²) in [6.07, 6.45) is 5.16. The summed E-state index contributed by atoms with van der Waals surface area (Å²) in [7, 11) is 1.41. The Bertz CT molecular complexity index is 1860. The molecule has 3 aromatic heterocycles. The van der Waals surface area contributed by atoms with Gasteiger partial charge in [-0.1, -0.05) is 48.5 Å². The predicted octanol–water partition coefficient (Wildman–Crippen LogP) is 5.74. The molecule has 0 aliphatic carbocycles. The van der Waals surface area contributed by atoms with Crippen LogP contribution in [0, 0.1) is 11.6 Å². The van der Waals surface area contributed by atoms with E-state index in [-0.39, 0.29) is 18.1 Å². The maximum atomic E-state index is 13.8. The van der Waals surface area contributed by atoms with E-state index in [2.05, 4.69) is 10.2 Å². The van der Waals surface area contributed by atoms with Crippen molar-refractivity contribution in [1.82, 2.24) is 24.1 Å². The fourth-order valence-electron chi connectivity index (χ4n) is 4.42. The molecule has 0 amide bonds. The van der Waals surface area contributed by atoms with Crippen molar-refractivity contribution in [3.63, 3.8) is 0 Å². The van der Waals surface area contributed by atoms with Crippen molar-refractivity contribution in [2.75, 3.05) is 7.11 Å². The minimum absolute atomic E-state index is 0.0587. The van der Waals surface area contributed by atoms with Gasteiger partial charge in [-0.05, 0) is 35.9 Å². The summed E-state index contributed by atoms with van der Waals surface area (Å²) in [5.41, 5.74) is 2.78. The number of hydrogen-bond donors (Lipinski definition) is 0. The largest absolute Gasteiger partial charge is 0.491 e. The first-order chi connectivity index (χ1) is 20.0. The molecule has 0 N–H and O–H groups in total. The van der Waals surface area contributed by atoms with E-state index >= 15 is 0 Å². The van der Waals surface area contributed by atoms with Crippen molar-refractivity contribution in [2.24, 2.45) is 0 Å². The maximum absolute atomic E-state index is 13.8. The highest BCUT2D eigenvalue weighted by Crippen LogP contribution is 2.29. The van der Waals surface area contributed by atoms with Gasteiger partial charge in [-0.3, -0.25) is 4.79 Å². The van der Waals surface area contributed by atoms with Crippen LogP contribution in [0.1, 0.15) is 5.56 Å². The molecule has 6 rings (SSSR count). The molecule has 0 fully saturated rings.